The zero-order valence-corrected chi connectivity index (χ0v) is 67.8. The van der Waals surface area contributed by atoms with Gasteiger partial charge in [0.25, 0.3) is 11.8 Å². The molecule has 6 aliphatic heterocycles. The molecule has 2 spiro atoms. The van der Waals surface area contributed by atoms with E-state index in [9.17, 15) is 48.1 Å². The highest BCUT2D eigenvalue weighted by atomic mass is 35.5. The van der Waals surface area contributed by atoms with Crippen LogP contribution in [0.3, 0.4) is 0 Å². The molecule has 37 heteroatoms. The van der Waals surface area contributed by atoms with E-state index < -0.39 is 51.8 Å². The number of nitrogens with zero attached hydrogens (tertiary/aromatic N) is 13. The minimum absolute atomic E-state index is 0.0321. The molecular formula is C75H101ClN20O12S4. The Hall–Kier alpha value is -8.66. The van der Waals surface area contributed by atoms with Crippen molar-refractivity contribution in [2.75, 3.05) is 154 Å². The van der Waals surface area contributed by atoms with Crippen LogP contribution in [-0.4, -0.2) is 250 Å². The van der Waals surface area contributed by atoms with Crippen LogP contribution >= 0.6 is 11.6 Å². The number of carbonyl (C=O) groups is 3. The highest BCUT2D eigenvalue weighted by Gasteiger charge is 2.44. The first-order valence-electron chi connectivity index (χ1n) is 37.8. The molecule has 0 atom stereocenters. The number of hydrogen-bond donors (Lipinski definition) is 7. The summed E-state index contributed by atoms with van der Waals surface area (Å²) in [5.41, 5.74) is 21.1. The molecule has 4 aromatic heterocycles. The van der Waals surface area contributed by atoms with E-state index in [1.54, 1.807) is 122 Å². The van der Waals surface area contributed by atoms with E-state index in [0.29, 0.717) is 128 Å². The van der Waals surface area contributed by atoms with E-state index in [1.807, 2.05) is 26.2 Å². The third kappa shape index (κ3) is 18.9. The normalized spacial score (nSPS) is 19.5. The van der Waals surface area contributed by atoms with Crippen LogP contribution in [0.1, 0.15) is 106 Å². The number of aromatic nitrogens is 6. The molecule has 604 valence electrons. The van der Waals surface area contributed by atoms with Crippen LogP contribution in [0, 0.1) is 0 Å². The zero-order chi connectivity index (χ0) is 80.0. The lowest BCUT2D eigenvalue weighted by Gasteiger charge is -2.42. The van der Waals surface area contributed by atoms with Gasteiger partial charge in [0, 0.05) is 164 Å². The summed E-state index contributed by atoms with van der Waals surface area (Å²) in [5.74, 6) is 0.307. The van der Waals surface area contributed by atoms with E-state index in [-0.39, 0.29) is 51.1 Å². The maximum atomic E-state index is 13.0. The number of amides is 3. The lowest BCUT2D eigenvalue weighted by Crippen LogP contribution is -2.52. The number of rotatable bonds is 10. The maximum absolute atomic E-state index is 13.0. The molecule has 10 heterocycles. The molecule has 2 saturated carbocycles. The van der Waals surface area contributed by atoms with Crippen LogP contribution in [0.2, 0.25) is 5.28 Å². The van der Waals surface area contributed by atoms with Crippen molar-refractivity contribution in [1.82, 2.24) is 76.9 Å². The maximum Gasteiger partial charge on any atom is 0.410 e. The van der Waals surface area contributed by atoms with Crippen LogP contribution in [0.4, 0.5) is 33.5 Å². The molecule has 8 aromatic rings. The zero-order valence-electron chi connectivity index (χ0n) is 63.8. The van der Waals surface area contributed by atoms with Gasteiger partial charge in [-0.2, -0.15) is 27.2 Å². The summed E-state index contributed by atoms with van der Waals surface area (Å²) in [6.07, 6.45) is 14.3. The Morgan fingerprint density at radius 3 is 1.21 bits per heavy atom. The molecule has 0 bridgehead atoms. The van der Waals surface area contributed by atoms with Crippen molar-refractivity contribution in [3.05, 3.63) is 138 Å². The second-order valence-electron chi connectivity index (χ2n) is 30.4. The van der Waals surface area contributed by atoms with E-state index in [4.69, 9.17) is 38.5 Å². The SMILES string of the molecule is CC(C)(C)OC(=O)N1CCN(S(=O)(=O)c2ccc(N)cc2)CC1.CN1CCN(S(=O)(=O)c2ccc(N)cc2)CC1.CN1CCN(S(=O)(=O)c2ccc(Nc3ncc4cc5n(c4n3)C3(CCCCC3)CNC5=O)cc2)CC1.Nc1ccc(S(=O)(=O)N2CCNCC2)cc1.O=C1NCC2(CCCCC2)n2c1cc1cnc(Cl)nc12. The minimum atomic E-state index is -3.56. The van der Waals surface area contributed by atoms with Gasteiger partial charge in [-0.15, -0.1) is 0 Å². The predicted molar refractivity (Wildman–Crippen MR) is 430 cm³/mol. The number of likely N-dealkylation sites (N-methyl/N-ethyl adjacent to an activating group) is 2. The number of benzene rings is 4. The number of carbonyl (C=O) groups excluding carboxylic acids is 3. The van der Waals surface area contributed by atoms with Crippen molar-refractivity contribution in [2.24, 2.45) is 0 Å². The number of nitrogen functional groups attached to an aromatic ring is 3. The molecule has 16 rings (SSSR count). The van der Waals surface area contributed by atoms with Crippen molar-refractivity contribution in [3.63, 3.8) is 0 Å². The van der Waals surface area contributed by atoms with Gasteiger partial charge in [-0.25, -0.2) is 48.4 Å². The number of piperazine rings is 4. The second-order valence-corrected chi connectivity index (χ2v) is 38.4. The van der Waals surface area contributed by atoms with Crippen molar-refractivity contribution >= 4 is 120 Å². The number of sulfonamides is 4. The minimum Gasteiger partial charge on any atom is -0.444 e. The van der Waals surface area contributed by atoms with E-state index in [0.717, 1.165) is 86.8 Å². The summed E-state index contributed by atoms with van der Waals surface area (Å²) in [6, 6.07) is 29.2. The smallest absolute Gasteiger partial charge is 0.410 e. The highest BCUT2D eigenvalue weighted by molar-refractivity contribution is 7.90. The number of anilines is 5. The monoisotopic (exact) mass is 1640 g/mol. The van der Waals surface area contributed by atoms with Gasteiger partial charge in [0.2, 0.25) is 51.3 Å². The van der Waals surface area contributed by atoms with Gasteiger partial charge in [-0.1, -0.05) is 38.5 Å². The summed E-state index contributed by atoms with van der Waals surface area (Å²) < 4.78 is 115. The molecule has 4 aromatic carbocycles. The van der Waals surface area contributed by atoms with Gasteiger partial charge in [0.15, 0.2) is 0 Å². The standard InChI is InChI=1S/C25H31N7O3S.C15H23N3O4S.C14H15ClN4O.C11H17N3O2S.C10H15N3O2S/c1-30-11-13-31(14-12-30)36(34,35)20-7-5-19(6-8-20)28-24-26-16-18-15-21-23(33)27-17-25(9-3-2-4-10-25)32(21)22(18)29-24;1-15(2,3)22-14(19)17-8-10-18(11-9-17)23(20,21)13-6-4-12(16)5-7-13;15-13-16-7-9-6-10-12(20)17-8-14(4-2-1-3-5-14)19(10)11(9)18-13;1-13-6-8-14(9-7-13)17(15,16)11-4-2-10(12)3-5-11;11-9-1-3-10(4-2-9)16(14,15)13-7-5-12-6-8-13/h5-8,15-16H,2-4,9-14,17H2,1H3,(H,27,33)(H,26,28,29);4-7H,8-11,16H2,1-3H3;6-7H,1-5,8H2,(H,17,20);2-5H,6-9,12H2,1H3;1-4,12H,5-8,11H2. The molecule has 4 saturated heterocycles. The Bertz CT molecular complexity index is 5130. The summed E-state index contributed by atoms with van der Waals surface area (Å²) in [4.78, 5) is 61.3. The quantitative estimate of drug-likeness (QED) is 0.0561. The lowest BCUT2D eigenvalue weighted by atomic mass is 9.80. The molecular weight excluding hydrogens is 1540 g/mol. The largest absolute Gasteiger partial charge is 0.444 e. The Labute approximate surface area is 659 Å². The lowest BCUT2D eigenvalue weighted by molar-refractivity contribution is 0.0192. The first-order valence-corrected chi connectivity index (χ1v) is 43.9. The summed E-state index contributed by atoms with van der Waals surface area (Å²) in [6.45, 7) is 15.3. The molecule has 32 nitrogen and oxygen atoms in total. The number of nitrogens with two attached hydrogens (primary N) is 3. The molecule has 6 fully saturated rings. The molecule has 0 unspecified atom stereocenters. The van der Waals surface area contributed by atoms with Crippen LogP contribution in [0.25, 0.3) is 22.1 Å². The fraction of sp³-hybridized carbons (Fsp3) is 0.480. The predicted octanol–water partition coefficient (Wildman–Crippen LogP) is 6.58. The van der Waals surface area contributed by atoms with Gasteiger partial charge in [0.05, 0.1) is 30.7 Å². The Morgan fingerprint density at radius 1 is 0.482 bits per heavy atom. The summed E-state index contributed by atoms with van der Waals surface area (Å²) in [5, 5.41) is 14.4. The fourth-order valence-corrected chi connectivity index (χ4v) is 20.9. The molecule has 112 heavy (non-hydrogen) atoms. The third-order valence-corrected chi connectivity index (χ3v) is 29.2. The third-order valence-electron chi connectivity index (χ3n) is 21.4. The van der Waals surface area contributed by atoms with E-state index in [1.165, 1.54) is 55.6 Å². The molecule has 0 radical (unpaired) electrons. The van der Waals surface area contributed by atoms with Crippen molar-refractivity contribution < 1.29 is 52.8 Å². The second kappa shape index (κ2) is 34.6. The van der Waals surface area contributed by atoms with Crippen molar-refractivity contribution in [3.8, 4) is 0 Å². The Balaban J connectivity index is 0.000000135. The van der Waals surface area contributed by atoms with Crippen LogP contribution in [0.15, 0.2) is 141 Å². The first kappa shape index (κ1) is 82.8. The van der Waals surface area contributed by atoms with Crippen LogP contribution in [0.5, 0.6) is 0 Å². The molecule has 10 N–H and O–H groups in total. The Kier molecular flexibility index (Phi) is 25.6. The molecule has 3 amide bonds. The summed E-state index contributed by atoms with van der Waals surface area (Å²) in [7, 11) is -9.79. The summed E-state index contributed by atoms with van der Waals surface area (Å²) >= 11 is 5.95. The highest BCUT2D eigenvalue weighted by Crippen LogP contribution is 2.42. The number of nitrogens with one attached hydrogen (secondary N) is 4. The average molecular weight is 1640 g/mol. The fourth-order valence-electron chi connectivity index (χ4n) is 15.1. The van der Waals surface area contributed by atoms with Crippen molar-refractivity contribution in [2.45, 2.75) is 121 Å². The molecule has 8 aliphatic rings. The molecule has 2 aliphatic carbocycles. The van der Waals surface area contributed by atoms with Crippen LogP contribution < -0.4 is 38.5 Å². The van der Waals surface area contributed by atoms with Gasteiger partial charge in [-0.05, 0) is 181 Å². The van der Waals surface area contributed by atoms with Gasteiger partial charge in [0.1, 0.15) is 28.3 Å². The topological polar surface area (TPSA) is 407 Å². The number of halogens is 1. The number of ether oxygens (including phenoxy) is 1. The number of hydrogen-bond acceptors (Lipinski definition) is 23. The van der Waals surface area contributed by atoms with E-state index in [2.05, 4.69) is 55.2 Å². The first-order chi connectivity index (χ1) is 53.2. The van der Waals surface area contributed by atoms with Crippen molar-refractivity contribution in [1.29, 1.82) is 0 Å². The number of fused-ring (bicyclic) bond motifs is 8. The van der Waals surface area contributed by atoms with E-state index >= 15 is 0 Å². The van der Waals surface area contributed by atoms with Gasteiger partial charge < -0.3 is 67.0 Å². The van der Waals surface area contributed by atoms with Gasteiger partial charge >= 0.3 is 6.09 Å². The van der Waals surface area contributed by atoms with Gasteiger partial charge in [-0.3, -0.25) is 9.59 Å². The Morgan fingerprint density at radius 2 is 0.830 bits per heavy atom. The average Bonchev–Trinajstić information content (AvgIpc) is 1.56. The van der Waals surface area contributed by atoms with Crippen LogP contribution in [-0.2, 0) is 55.9 Å².